The van der Waals surface area contributed by atoms with Gasteiger partial charge in [-0.2, -0.15) is 4.31 Å². The minimum absolute atomic E-state index is 0.605. The first-order valence-electron chi connectivity index (χ1n) is 6.85. The quantitative estimate of drug-likeness (QED) is 0.874. The molecular formula is C14H24N2O3S. The molecule has 0 aliphatic carbocycles. The zero-order chi connectivity index (χ0) is 14.6. The molecule has 6 heteroatoms. The van der Waals surface area contributed by atoms with Gasteiger partial charge in [0.25, 0.3) is 0 Å². The van der Waals surface area contributed by atoms with Gasteiger partial charge in [-0.3, -0.25) is 14.0 Å². The predicted molar refractivity (Wildman–Crippen MR) is 82.2 cm³/mol. The molecule has 114 valence electrons. The van der Waals surface area contributed by atoms with Crippen molar-refractivity contribution in [3.05, 3.63) is 29.8 Å². The molecule has 0 aromatic heterocycles. The van der Waals surface area contributed by atoms with Crippen molar-refractivity contribution >= 4 is 10.8 Å². The summed E-state index contributed by atoms with van der Waals surface area (Å²) in [6, 6.07) is 7.45. The summed E-state index contributed by atoms with van der Waals surface area (Å²) in [5, 5.41) is 0. The van der Waals surface area contributed by atoms with Crippen LogP contribution >= 0.6 is 10.8 Å². The number of rotatable bonds is 5. The van der Waals surface area contributed by atoms with Crippen LogP contribution in [0.15, 0.2) is 29.2 Å². The summed E-state index contributed by atoms with van der Waals surface area (Å²) in [5.41, 5.74) is 1.12. The Labute approximate surface area is 122 Å². The number of hydrogen-bond acceptors (Lipinski definition) is 5. The van der Waals surface area contributed by atoms with Crippen molar-refractivity contribution in [2.24, 2.45) is 0 Å². The van der Waals surface area contributed by atoms with Gasteiger partial charge in [0.1, 0.15) is 0 Å². The van der Waals surface area contributed by atoms with E-state index in [1.54, 1.807) is 11.4 Å². The molecule has 1 aliphatic heterocycles. The summed E-state index contributed by atoms with van der Waals surface area (Å²) in [5.74, 6) is 0. The van der Waals surface area contributed by atoms with Gasteiger partial charge in [0.15, 0.2) is 0 Å². The van der Waals surface area contributed by atoms with Crippen molar-refractivity contribution < 1.29 is 13.8 Å². The van der Waals surface area contributed by atoms with E-state index in [-0.39, 0.29) is 0 Å². The molecule has 1 aromatic rings. The van der Waals surface area contributed by atoms with Crippen molar-refractivity contribution in [3.8, 4) is 0 Å². The first-order chi connectivity index (χ1) is 9.54. The highest BCUT2D eigenvalue weighted by Gasteiger charge is 2.28. The third kappa shape index (κ3) is 3.72. The third-order valence-corrected chi connectivity index (χ3v) is 5.63. The number of hydrogen-bond donors (Lipinski definition) is 2. The monoisotopic (exact) mass is 300 g/mol. The van der Waals surface area contributed by atoms with Crippen LogP contribution < -0.4 is 0 Å². The van der Waals surface area contributed by atoms with Gasteiger partial charge in [-0.25, -0.2) is 0 Å². The summed E-state index contributed by atoms with van der Waals surface area (Å²) >= 11 is 0. The van der Waals surface area contributed by atoms with E-state index in [0.29, 0.717) is 24.6 Å². The van der Waals surface area contributed by atoms with Gasteiger partial charge in [0.05, 0.1) is 11.5 Å². The van der Waals surface area contributed by atoms with Crippen LogP contribution in [-0.4, -0.2) is 64.8 Å². The molecule has 20 heavy (non-hydrogen) atoms. The van der Waals surface area contributed by atoms with Crippen molar-refractivity contribution in [3.63, 3.8) is 0 Å². The van der Waals surface area contributed by atoms with Gasteiger partial charge in [-0.1, -0.05) is 17.7 Å². The Kier molecular flexibility index (Phi) is 5.42. The lowest BCUT2D eigenvalue weighted by molar-refractivity contribution is 0.120. The zero-order valence-electron chi connectivity index (χ0n) is 12.2. The van der Waals surface area contributed by atoms with Crippen LogP contribution in [0.4, 0.5) is 0 Å². The van der Waals surface area contributed by atoms with Gasteiger partial charge in [0, 0.05) is 39.8 Å². The molecular weight excluding hydrogens is 276 g/mol. The molecule has 0 unspecified atom stereocenters. The molecule has 0 radical (unpaired) electrons. The predicted octanol–water partition coefficient (Wildman–Crippen LogP) is 2.28. The van der Waals surface area contributed by atoms with E-state index in [4.69, 9.17) is 4.74 Å². The normalized spacial score (nSPS) is 19.2. The number of benzene rings is 1. The molecule has 0 bridgehead atoms. The Morgan fingerprint density at radius 2 is 1.70 bits per heavy atom. The number of nitrogens with zero attached hydrogens (tertiary/aromatic N) is 2. The van der Waals surface area contributed by atoms with Gasteiger partial charge in [-0.15, -0.1) is 10.8 Å². The average Bonchev–Trinajstić information content (AvgIpc) is 2.46. The SMILES string of the molecule is COCCN1CCN(S(O)(O)c2ccc(C)cc2)CC1. The third-order valence-electron chi connectivity index (χ3n) is 3.64. The molecule has 1 aliphatic rings. The number of ether oxygens (including phenoxy) is 1. The van der Waals surface area contributed by atoms with Crippen LogP contribution in [-0.2, 0) is 4.74 Å². The lowest BCUT2D eigenvalue weighted by Gasteiger charge is -2.46. The molecule has 2 rings (SSSR count). The smallest absolute Gasteiger partial charge is 0.0752 e. The maximum atomic E-state index is 10.5. The highest BCUT2D eigenvalue weighted by atomic mass is 32.3. The Bertz CT molecular complexity index is 417. The average molecular weight is 300 g/mol. The van der Waals surface area contributed by atoms with E-state index in [9.17, 15) is 9.11 Å². The number of aryl methyl sites for hydroxylation is 1. The molecule has 1 heterocycles. The fraction of sp³-hybridized carbons (Fsp3) is 0.571. The lowest BCUT2D eigenvalue weighted by atomic mass is 10.2. The van der Waals surface area contributed by atoms with Crippen LogP contribution in [0.25, 0.3) is 0 Å². The fourth-order valence-electron chi connectivity index (χ4n) is 2.30. The molecule has 2 N–H and O–H groups in total. The number of methoxy groups -OCH3 is 1. The van der Waals surface area contributed by atoms with Crippen molar-refractivity contribution in [1.82, 2.24) is 9.21 Å². The highest BCUT2D eigenvalue weighted by molar-refractivity contribution is 8.22. The molecule has 0 spiro atoms. The molecule has 0 saturated carbocycles. The van der Waals surface area contributed by atoms with E-state index in [1.807, 2.05) is 31.2 Å². The van der Waals surface area contributed by atoms with Gasteiger partial charge in [-0.05, 0) is 19.1 Å². The van der Waals surface area contributed by atoms with E-state index in [2.05, 4.69) is 4.90 Å². The molecule has 1 fully saturated rings. The van der Waals surface area contributed by atoms with Crippen LogP contribution in [0.5, 0.6) is 0 Å². The Balaban J connectivity index is 1.96. The largest absolute Gasteiger partial charge is 0.383 e. The maximum Gasteiger partial charge on any atom is 0.0752 e. The van der Waals surface area contributed by atoms with Crippen LogP contribution in [0, 0.1) is 6.92 Å². The van der Waals surface area contributed by atoms with E-state index in [1.165, 1.54) is 0 Å². The second-order valence-corrected chi connectivity index (χ2v) is 7.12. The Morgan fingerprint density at radius 1 is 1.10 bits per heavy atom. The van der Waals surface area contributed by atoms with E-state index in [0.717, 1.165) is 25.2 Å². The molecule has 5 nitrogen and oxygen atoms in total. The molecule has 0 amide bonds. The summed E-state index contributed by atoms with van der Waals surface area (Å²) in [7, 11) is -1.15. The van der Waals surface area contributed by atoms with Crippen LogP contribution in [0.1, 0.15) is 5.56 Å². The molecule has 1 aromatic carbocycles. The Hall–Kier alpha value is -0.630. The molecule has 1 saturated heterocycles. The Morgan fingerprint density at radius 3 is 2.25 bits per heavy atom. The maximum absolute atomic E-state index is 10.5. The number of piperazine rings is 1. The van der Waals surface area contributed by atoms with Gasteiger partial charge >= 0.3 is 0 Å². The second-order valence-electron chi connectivity index (χ2n) is 5.10. The minimum atomic E-state index is -2.85. The second kappa shape index (κ2) is 6.89. The first-order valence-corrected chi connectivity index (χ1v) is 8.35. The fourth-order valence-corrected chi connectivity index (χ4v) is 3.77. The summed E-state index contributed by atoms with van der Waals surface area (Å²) in [6.45, 7) is 6.61. The molecule has 0 atom stereocenters. The van der Waals surface area contributed by atoms with E-state index >= 15 is 0 Å². The van der Waals surface area contributed by atoms with Gasteiger partial charge in [0.2, 0.25) is 0 Å². The lowest BCUT2D eigenvalue weighted by Crippen LogP contribution is -2.47. The van der Waals surface area contributed by atoms with Gasteiger partial charge < -0.3 is 4.74 Å². The van der Waals surface area contributed by atoms with Crippen molar-refractivity contribution in [1.29, 1.82) is 0 Å². The van der Waals surface area contributed by atoms with Crippen LogP contribution in [0.3, 0.4) is 0 Å². The minimum Gasteiger partial charge on any atom is -0.383 e. The topological polar surface area (TPSA) is 56.2 Å². The summed E-state index contributed by atoms with van der Waals surface area (Å²) in [4.78, 5) is 2.89. The summed E-state index contributed by atoms with van der Waals surface area (Å²) < 4.78 is 27.8. The standard InChI is InChI=1S/C14H24N2O3S/c1-13-3-5-14(6-4-13)20(17,18)16-9-7-15(8-10-16)11-12-19-2/h3-6,17-18H,7-12H2,1-2H3. The van der Waals surface area contributed by atoms with E-state index < -0.39 is 10.8 Å². The first kappa shape index (κ1) is 15.8. The zero-order valence-corrected chi connectivity index (χ0v) is 13.0. The highest BCUT2D eigenvalue weighted by Crippen LogP contribution is 2.51. The van der Waals surface area contributed by atoms with Crippen molar-refractivity contribution in [2.75, 3.05) is 46.4 Å². The summed E-state index contributed by atoms with van der Waals surface area (Å²) in [6.07, 6.45) is 0. The van der Waals surface area contributed by atoms with Crippen LogP contribution in [0.2, 0.25) is 0 Å². The van der Waals surface area contributed by atoms with Crippen molar-refractivity contribution in [2.45, 2.75) is 11.8 Å².